The number of benzene rings is 2. The third-order valence-electron chi connectivity index (χ3n) is 5.13. The minimum absolute atomic E-state index is 0.0130. The number of pyridine rings is 1. The summed E-state index contributed by atoms with van der Waals surface area (Å²) in [5.41, 5.74) is 3.70. The van der Waals surface area contributed by atoms with Gasteiger partial charge in [0.1, 0.15) is 5.75 Å². The van der Waals surface area contributed by atoms with Gasteiger partial charge < -0.3 is 26.0 Å². The van der Waals surface area contributed by atoms with Crippen LogP contribution >= 0.6 is 0 Å². The molecule has 0 aliphatic heterocycles. The van der Waals surface area contributed by atoms with Crippen LogP contribution in [0.2, 0.25) is 0 Å². The third kappa shape index (κ3) is 7.04. The van der Waals surface area contributed by atoms with E-state index in [-0.39, 0.29) is 12.1 Å². The molecule has 0 atom stereocenters. The molecule has 2 aromatic carbocycles. The molecule has 0 spiro atoms. The van der Waals surface area contributed by atoms with Crippen molar-refractivity contribution in [2.45, 2.75) is 26.5 Å². The molecule has 9 nitrogen and oxygen atoms in total. The first-order valence-corrected chi connectivity index (χ1v) is 11.8. The average molecular weight is 496 g/mol. The Morgan fingerprint density at radius 3 is 2.62 bits per heavy atom. The zero-order valence-corrected chi connectivity index (χ0v) is 20.7. The van der Waals surface area contributed by atoms with Crippen LogP contribution in [0.1, 0.15) is 19.4 Å². The van der Waals surface area contributed by atoms with Gasteiger partial charge in [-0.25, -0.2) is 14.8 Å². The molecule has 2 heterocycles. The normalized spacial score (nSPS) is 10.5. The quantitative estimate of drug-likeness (QED) is 0.209. The molecule has 0 saturated heterocycles. The Morgan fingerprint density at radius 1 is 1.03 bits per heavy atom. The van der Waals surface area contributed by atoms with Gasteiger partial charge in [-0.15, -0.1) is 0 Å². The highest BCUT2D eigenvalue weighted by atomic mass is 16.5. The molecule has 0 bridgehead atoms. The average Bonchev–Trinajstić information content (AvgIpc) is 2.90. The predicted octanol–water partition coefficient (Wildman–Crippen LogP) is 6.14. The zero-order chi connectivity index (χ0) is 26.0. The van der Waals surface area contributed by atoms with E-state index in [1.54, 1.807) is 30.9 Å². The predicted molar refractivity (Wildman–Crippen MR) is 148 cm³/mol. The summed E-state index contributed by atoms with van der Waals surface area (Å²) in [4.78, 5) is 26.0. The minimum atomic E-state index is -0.381. The van der Waals surface area contributed by atoms with Crippen molar-refractivity contribution < 1.29 is 9.53 Å². The smallest absolute Gasteiger partial charge is 0.323 e. The van der Waals surface area contributed by atoms with Crippen LogP contribution in [0.25, 0.3) is 11.3 Å². The highest BCUT2D eigenvalue weighted by molar-refractivity contribution is 6.01. The summed E-state index contributed by atoms with van der Waals surface area (Å²) in [6.45, 7) is 8.14. The molecule has 188 valence electrons. The molecular formula is C28H29N7O2. The van der Waals surface area contributed by atoms with E-state index in [4.69, 9.17) is 9.72 Å². The van der Waals surface area contributed by atoms with Crippen LogP contribution in [0.5, 0.6) is 5.75 Å². The number of nitrogens with one attached hydrogen (secondary N) is 4. The summed E-state index contributed by atoms with van der Waals surface area (Å²) in [5.74, 6) is 1.74. The number of aromatic nitrogens is 3. The Kier molecular flexibility index (Phi) is 8.28. The number of para-hydroxylation sites is 2. The molecule has 4 aromatic rings. The summed E-state index contributed by atoms with van der Waals surface area (Å²) in [6, 6.07) is 18.2. The lowest BCUT2D eigenvalue weighted by Crippen LogP contribution is -2.20. The lowest BCUT2D eigenvalue weighted by atomic mass is 10.1. The van der Waals surface area contributed by atoms with Crippen LogP contribution in [0, 0.1) is 0 Å². The van der Waals surface area contributed by atoms with Crippen LogP contribution in [0.15, 0.2) is 92.0 Å². The van der Waals surface area contributed by atoms with Gasteiger partial charge >= 0.3 is 6.03 Å². The van der Waals surface area contributed by atoms with Crippen molar-refractivity contribution in [3.8, 4) is 17.0 Å². The number of carbonyl (C=O) groups excluding carboxylic acids is 1. The largest absolute Gasteiger partial charge is 0.489 e. The highest BCUT2D eigenvalue weighted by Gasteiger charge is 2.12. The second kappa shape index (κ2) is 12.2. The molecule has 0 aliphatic rings. The van der Waals surface area contributed by atoms with Crippen molar-refractivity contribution in [3.63, 3.8) is 0 Å². The third-order valence-corrected chi connectivity index (χ3v) is 5.13. The van der Waals surface area contributed by atoms with Crippen molar-refractivity contribution >= 4 is 29.0 Å². The molecule has 0 unspecified atom stereocenters. The van der Waals surface area contributed by atoms with E-state index < -0.39 is 0 Å². The Labute approximate surface area is 216 Å². The molecule has 0 radical (unpaired) electrons. The molecule has 4 N–H and O–H groups in total. The minimum Gasteiger partial charge on any atom is -0.489 e. The zero-order valence-electron chi connectivity index (χ0n) is 20.7. The number of ether oxygens (including phenoxy) is 1. The Morgan fingerprint density at radius 2 is 1.84 bits per heavy atom. The molecular weight excluding hydrogens is 466 g/mol. The molecule has 0 fully saturated rings. The van der Waals surface area contributed by atoms with Gasteiger partial charge in [0.2, 0.25) is 0 Å². The highest BCUT2D eigenvalue weighted by Crippen LogP contribution is 2.27. The van der Waals surface area contributed by atoms with E-state index in [0.29, 0.717) is 41.0 Å². The number of hydrogen-bond donors (Lipinski definition) is 4. The van der Waals surface area contributed by atoms with Gasteiger partial charge in [0.25, 0.3) is 0 Å². The van der Waals surface area contributed by atoms with Gasteiger partial charge in [-0.2, -0.15) is 0 Å². The van der Waals surface area contributed by atoms with Crippen molar-refractivity contribution in [2.75, 3.05) is 21.3 Å². The van der Waals surface area contributed by atoms with E-state index in [2.05, 4.69) is 37.8 Å². The van der Waals surface area contributed by atoms with Gasteiger partial charge in [-0.1, -0.05) is 30.8 Å². The van der Waals surface area contributed by atoms with E-state index in [1.807, 2.05) is 68.4 Å². The summed E-state index contributed by atoms with van der Waals surface area (Å²) >= 11 is 0. The molecule has 2 aromatic heterocycles. The molecule has 37 heavy (non-hydrogen) atoms. The summed E-state index contributed by atoms with van der Waals surface area (Å²) in [7, 11) is 0. The fraction of sp³-hybridized carbons (Fsp3) is 0.143. The van der Waals surface area contributed by atoms with E-state index in [9.17, 15) is 4.79 Å². The first-order chi connectivity index (χ1) is 18.0. The van der Waals surface area contributed by atoms with Gasteiger partial charge in [-0.05, 0) is 62.0 Å². The van der Waals surface area contributed by atoms with Crippen LogP contribution < -0.4 is 26.0 Å². The molecule has 0 aliphatic carbocycles. The van der Waals surface area contributed by atoms with Crippen LogP contribution in [-0.4, -0.2) is 27.1 Å². The number of amides is 2. The molecule has 2 amide bonds. The lowest BCUT2D eigenvalue weighted by molar-refractivity contribution is 0.243. The monoisotopic (exact) mass is 495 g/mol. The van der Waals surface area contributed by atoms with Crippen LogP contribution in [0.4, 0.5) is 27.8 Å². The second-order valence-corrected chi connectivity index (χ2v) is 8.33. The first kappa shape index (κ1) is 25.2. The standard InChI is InChI=1S/C28H29N7O2/c1-4-30-26-27(31-17-20-12-14-29-15-13-20)34-24(18-32-26)21-8-7-9-22(16-21)33-28(36)35-23-10-5-6-11-25(23)37-19(2)3/h4-16,18-19H,1,17H2,2-3H3,(H,30,32)(H,31,34)(H2,33,35,36). The second-order valence-electron chi connectivity index (χ2n) is 8.33. The van der Waals surface area contributed by atoms with Crippen molar-refractivity contribution in [2.24, 2.45) is 0 Å². The fourth-order valence-electron chi connectivity index (χ4n) is 3.51. The maximum Gasteiger partial charge on any atom is 0.323 e. The number of hydrogen-bond acceptors (Lipinski definition) is 7. The molecule has 0 saturated carbocycles. The summed E-state index contributed by atoms with van der Waals surface area (Å²) in [5, 5.41) is 12.0. The van der Waals surface area contributed by atoms with Crippen LogP contribution in [0.3, 0.4) is 0 Å². The number of rotatable bonds is 10. The first-order valence-electron chi connectivity index (χ1n) is 11.8. The van der Waals surface area contributed by atoms with Gasteiger partial charge in [0.05, 0.1) is 23.7 Å². The SMILES string of the molecule is C=CNc1ncc(-c2cccc(NC(=O)Nc3ccccc3OC(C)C)c2)nc1NCc1ccncc1. The number of carbonyl (C=O) groups is 1. The van der Waals surface area contributed by atoms with Gasteiger partial charge in [0, 0.05) is 30.2 Å². The maximum absolute atomic E-state index is 12.7. The van der Waals surface area contributed by atoms with Gasteiger partial charge in [0.15, 0.2) is 11.6 Å². The van der Waals surface area contributed by atoms with Crippen molar-refractivity contribution in [1.29, 1.82) is 0 Å². The molecule has 4 rings (SSSR count). The van der Waals surface area contributed by atoms with E-state index in [0.717, 1.165) is 11.1 Å². The van der Waals surface area contributed by atoms with Crippen LogP contribution in [-0.2, 0) is 6.54 Å². The van der Waals surface area contributed by atoms with Crippen molar-refractivity contribution in [3.05, 3.63) is 97.6 Å². The number of anilines is 4. The summed E-state index contributed by atoms with van der Waals surface area (Å²) in [6.07, 6.45) is 6.69. The van der Waals surface area contributed by atoms with Crippen molar-refractivity contribution in [1.82, 2.24) is 15.0 Å². The van der Waals surface area contributed by atoms with E-state index in [1.165, 1.54) is 0 Å². The number of nitrogens with zero attached hydrogens (tertiary/aromatic N) is 3. The lowest BCUT2D eigenvalue weighted by Gasteiger charge is -2.15. The molecule has 9 heteroatoms. The fourth-order valence-corrected chi connectivity index (χ4v) is 3.51. The Balaban J connectivity index is 1.50. The maximum atomic E-state index is 12.7. The Hall–Kier alpha value is -4.92. The van der Waals surface area contributed by atoms with Gasteiger partial charge in [-0.3, -0.25) is 4.98 Å². The Bertz CT molecular complexity index is 1360. The topological polar surface area (TPSA) is 113 Å². The number of urea groups is 1. The van der Waals surface area contributed by atoms with E-state index >= 15 is 0 Å². The summed E-state index contributed by atoms with van der Waals surface area (Å²) < 4.78 is 5.78.